The molecule has 3 aromatic rings. The zero-order valence-corrected chi connectivity index (χ0v) is 15.5. The van der Waals surface area contributed by atoms with Crippen molar-refractivity contribution in [3.63, 3.8) is 0 Å². The van der Waals surface area contributed by atoms with Crippen LogP contribution in [0.5, 0.6) is 0 Å². The van der Waals surface area contributed by atoms with Crippen LogP contribution in [0.25, 0.3) is 11.4 Å². The number of pyridine rings is 1. The first kappa shape index (κ1) is 17.6. The molecule has 0 aliphatic carbocycles. The smallest absolute Gasteiger partial charge is 0.244 e. The summed E-state index contributed by atoms with van der Waals surface area (Å²) in [5.41, 5.74) is 2.14. The van der Waals surface area contributed by atoms with Gasteiger partial charge in [-0.1, -0.05) is 41.1 Å². The number of rotatable bonds is 4. The molecule has 140 valence electrons. The Hall–Kier alpha value is -2.80. The summed E-state index contributed by atoms with van der Waals surface area (Å²) in [6.45, 7) is 7.32. The highest BCUT2D eigenvalue weighted by Gasteiger charge is 2.26. The lowest BCUT2D eigenvalue weighted by Gasteiger charge is -2.37. The Morgan fingerprint density at radius 3 is 2.44 bits per heavy atom. The summed E-state index contributed by atoms with van der Waals surface area (Å²) in [6, 6.07) is 13.0. The fraction of sp³-hybridized carbons (Fsp3) is 0.350. The molecule has 1 aliphatic heterocycles. The minimum atomic E-state index is -0.446. The Balaban J connectivity index is 1.41. The van der Waals surface area contributed by atoms with E-state index in [0.29, 0.717) is 17.5 Å². The normalized spacial score (nSPS) is 16.5. The van der Waals surface area contributed by atoms with Crippen molar-refractivity contribution in [2.45, 2.75) is 19.9 Å². The van der Waals surface area contributed by atoms with Gasteiger partial charge in [0.2, 0.25) is 17.7 Å². The summed E-state index contributed by atoms with van der Waals surface area (Å²) >= 11 is 0. The van der Waals surface area contributed by atoms with Gasteiger partial charge in [-0.15, -0.1) is 0 Å². The monoisotopic (exact) mass is 367 g/mol. The van der Waals surface area contributed by atoms with Crippen LogP contribution >= 0.6 is 0 Å². The maximum Gasteiger partial charge on any atom is 0.244 e. The highest BCUT2D eigenvalue weighted by Crippen LogP contribution is 2.24. The summed E-state index contributed by atoms with van der Waals surface area (Å²) in [5.74, 6) is 1.46. The van der Waals surface area contributed by atoms with Gasteiger partial charge >= 0.3 is 0 Å². The highest BCUT2D eigenvalue weighted by atomic mass is 19.1. The summed E-state index contributed by atoms with van der Waals surface area (Å²) in [5, 5.41) is 4.13. The molecule has 27 heavy (non-hydrogen) atoms. The highest BCUT2D eigenvalue weighted by molar-refractivity contribution is 5.54. The standard InChI is InChI=1S/C20H22FN5O/c1-14-6-8-16(9-7-14)19-23-20(27-24-19)15(2)25-10-12-26(13-11-25)18-5-3-4-17(21)22-18/h3-9,15H,10-13H2,1-2H3. The number of halogens is 1. The van der Waals surface area contributed by atoms with Gasteiger partial charge in [-0.3, -0.25) is 4.90 Å². The minimum Gasteiger partial charge on any atom is -0.354 e. The third kappa shape index (κ3) is 3.83. The predicted molar refractivity (Wildman–Crippen MR) is 101 cm³/mol. The van der Waals surface area contributed by atoms with Crippen LogP contribution in [-0.2, 0) is 0 Å². The summed E-state index contributed by atoms with van der Waals surface area (Å²) < 4.78 is 18.9. The first-order chi connectivity index (χ1) is 13.1. The van der Waals surface area contributed by atoms with E-state index in [4.69, 9.17) is 4.52 Å². The Morgan fingerprint density at radius 1 is 1.00 bits per heavy atom. The van der Waals surface area contributed by atoms with E-state index < -0.39 is 5.95 Å². The zero-order valence-electron chi connectivity index (χ0n) is 15.5. The van der Waals surface area contributed by atoms with Gasteiger partial charge < -0.3 is 9.42 Å². The van der Waals surface area contributed by atoms with Crippen molar-refractivity contribution in [3.8, 4) is 11.4 Å². The van der Waals surface area contributed by atoms with E-state index in [-0.39, 0.29) is 6.04 Å². The fourth-order valence-corrected chi connectivity index (χ4v) is 3.29. The number of aryl methyl sites for hydroxylation is 1. The second kappa shape index (κ2) is 7.44. The maximum absolute atomic E-state index is 13.3. The number of benzene rings is 1. The van der Waals surface area contributed by atoms with Crippen LogP contribution in [0.2, 0.25) is 0 Å². The van der Waals surface area contributed by atoms with Crippen molar-refractivity contribution >= 4 is 5.82 Å². The average Bonchev–Trinajstić information content (AvgIpc) is 3.18. The Morgan fingerprint density at radius 2 is 1.74 bits per heavy atom. The van der Waals surface area contributed by atoms with E-state index in [1.165, 1.54) is 11.6 Å². The van der Waals surface area contributed by atoms with Crippen LogP contribution in [0.4, 0.5) is 10.2 Å². The van der Waals surface area contributed by atoms with E-state index in [1.807, 2.05) is 37.3 Å². The first-order valence-electron chi connectivity index (χ1n) is 9.12. The Bertz CT molecular complexity index is 903. The molecule has 1 fully saturated rings. The lowest BCUT2D eigenvalue weighted by atomic mass is 10.1. The Labute approximate surface area is 157 Å². The van der Waals surface area contributed by atoms with E-state index in [2.05, 4.69) is 31.8 Å². The largest absolute Gasteiger partial charge is 0.354 e. The van der Waals surface area contributed by atoms with Crippen LogP contribution < -0.4 is 4.90 Å². The number of anilines is 1. The van der Waals surface area contributed by atoms with Gasteiger partial charge in [-0.2, -0.15) is 9.37 Å². The van der Waals surface area contributed by atoms with Crippen molar-refractivity contribution in [1.29, 1.82) is 0 Å². The van der Waals surface area contributed by atoms with E-state index >= 15 is 0 Å². The van der Waals surface area contributed by atoms with Crippen LogP contribution in [0, 0.1) is 12.9 Å². The molecular formula is C20H22FN5O. The first-order valence-corrected chi connectivity index (χ1v) is 9.12. The number of hydrogen-bond donors (Lipinski definition) is 0. The second-order valence-electron chi connectivity index (χ2n) is 6.84. The molecule has 1 unspecified atom stereocenters. The summed E-state index contributed by atoms with van der Waals surface area (Å²) in [4.78, 5) is 12.9. The molecule has 0 radical (unpaired) electrons. The molecule has 2 aromatic heterocycles. The molecule has 4 rings (SSSR count). The second-order valence-corrected chi connectivity index (χ2v) is 6.84. The molecule has 0 amide bonds. The van der Waals surface area contributed by atoms with Gasteiger partial charge in [0.1, 0.15) is 5.82 Å². The lowest BCUT2D eigenvalue weighted by molar-refractivity contribution is 0.164. The lowest BCUT2D eigenvalue weighted by Crippen LogP contribution is -2.47. The summed E-state index contributed by atoms with van der Waals surface area (Å²) in [6.07, 6.45) is 0. The number of nitrogens with zero attached hydrogens (tertiary/aromatic N) is 5. The molecule has 1 saturated heterocycles. The topological polar surface area (TPSA) is 58.3 Å². The van der Waals surface area contributed by atoms with Crippen LogP contribution in [0.15, 0.2) is 47.0 Å². The maximum atomic E-state index is 13.3. The molecule has 0 spiro atoms. The third-order valence-corrected chi connectivity index (χ3v) is 5.00. The van der Waals surface area contributed by atoms with Crippen molar-refractivity contribution < 1.29 is 8.91 Å². The third-order valence-electron chi connectivity index (χ3n) is 5.00. The number of aromatic nitrogens is 3. The van der Waals surface area contributed by atoms with Gasteiger partial charge in [0.25, 0.3) is 0 Å². The molecule has 0 bridgehead atoms. The van der Waals surface area contributed by atoms with Gasteiger partial charge in [0.05, 0.1) is 6.04 Å². The summed E-state index contributed by atoms with van der Waals surface area (Å²) in [7, 11) is 0. The molecule has 3 heterocycles. The van der Waals surface area contributed by atoms with Gasteiger partial charge in [-0.05, 0) is 26.0 Å². The molecule has 1 atom stereocenters. The Kier molecular flexibility index (Phi) is 4.85. The molecule has 7 heteroatoms. The van der Waals surface area contributed by atoms with Gasteiger partial charge in [0, 0.05) is 31.7 Å². The molecule has 0 N–H and O–H groups in total. The molecule has 0 saturated carbocycles. The zero-order chi connectivity index (χ0) is 18.8. The molecule has 1 aromatic carbocycles. The van der Waals surface area contributed by atoms with Gasteiger partial charge in [-0.25, -0.2) is 4.98 Å². The molecule has 1 aliphatic rings. The van der Waals surface area contributed by atoms with Crippen molar-refractivity contribution in [1.82, 2.24) is 20.0 Å². The molecular weight excluding hydrogens is 345 g/mol. The van der Waals surface area contributed by atoms with E-state index in [9.17, 15) is 4.39 Å². The van der Waals surface area contributed by atoms with Crippen LogP contribution in [0.1, 0.15) is 24.4 Å². The predicted octanol–water partition coefficient (Wildman–Crippen LogP) is 3.46. The van der Waals surface area contributed by atoms with Crippen LogP contribution in [-0.4, -0.2) is 46.2 Å². The van der Waals surface area contributed by atoms with Crippen LogP contribution in [0.3, 0.4) is 0 Å². The van der Waals surface area contributed by atoms with Gasteiger partial charge in [0.15, 0.2) is 0 Å². The van der Waals surface area contributed by atoms with E-state index in [1.54, 1.807) is 6.07 Å². The fourth-order valence-electron chi connectivity index (χ4n) is 3.29. The number of piperazine rings is 1. The quantitative estimate of drug-likeness (QED) is 0.658. The average molecular weight is 367 g/mol. The van der Waals surface area contributed by atoms with Crippen molar-refractivity contribution in [3.05, 3.63) is 59.9 Å². The number of hydrogen-bond acceptors (Lipinski definition) is 6. The van der Waals surface area contributed by atoms with Crippen molar-refractivity contribution in [2.24, 2.45) is 0 Å². The van der Waals surface area contributed by atoms with Crippen molar-refractivity contribution in [2.75, 3.05) is 31.1 Å². The molecule has 6 nitrogen and oxygen atoms in total. The van der Waals surface area contributed by atoms with E-state index in [0.717, 1.165) is 31.7 Å². The minimum absolute atomic E-state index is 0.0271. The SMILES string of the molecule is Cc1ccc(-c2noc(C(C)N3CCN(c4cccc(F)n4)CC3)n2)cc1.